The predicted molar refractivity (Wildman–Crippen MR) is 124 cm³/mol. The van der Waals surface area contributed by atoms with Crippen molar-refractivity contribution < 1.29 is 21.9 Å². The van der Waals surface area contributed by atoms with E-state index in [-0.39, 0.29) is 34.3 Å². The Morgan fingerprint density at radius 3 is 2.42 bits per heavy atom. The van der Waals surface area contributed by atoms with Gasteiger partial charge in [0.1, 0.15) is 0 Å². The third-order valence-electron chi connectivity index (χ3n) is 4.56. The number of carbonyl (C=O) groups excluding carboxylic acids is 1. The molecule has 0 aromatic heterocycles. The average Bonchev–Trinajstić information content (AvgIpc) is 2.76. The molecule has 6 nitrogen and oxygen atoms in total. The van der Waals surface area contributed by atoms with E-state index in [2.05, 4.69) is 5.32 Å². The van der Waals surface area contributed by atoms with Gasteiger partial charge in [-0.2, -0.15) is 0 Å². The molecule has 9 heteroatoms. The van der Waals surface area contributed by atoms with Gasteiger partial charge in [0.05, 0.1) is 16.2 Å². The van der Waals surface area contributed by atoms with E-state index in [1.54, 1.807) is 48.5 Å². The highest BCUT2D eigenvalue weighted by Crippen LogP contribution is 2.24. The number of hydrogen-bond donors (Lipinski definition) is 2. The lowest BCUT2D eigenvalue weighted by Gasteiger charge is -2.13. The van der Waals surface area contributed by atoms with Crippen molar-refractivity contribution in [2.75, 3.05) is 11.1 Å². The Morgan fingerprint density at radius 1 is 1.00 bits per heavy atom. The number of nitrogens with one attached hydrogen (secondary N) is 1. The molecule has 0 atom stereocenters. The fourth-order valence-electron chi connectivity index (χ4n) is 3.03. The van der Waals surface area contributed by atoms with Gasteiger partial charge in [0.25, 0.3) is 5.91 Å². The molecular weight excluding hydrogens is 458 g/mol. The Labute approximate surface area is 190 Å². The summed E-state index contributed by atoms with van der Waals surface area (Å²) < 4.78 is 39.0. The van der Waals surface area contributed by atoms with Crippen molar-refractivity contribution in [3.63, 3.8) is 0 Å². The first-order valence-electron chi connectivity index (χ1n) is 9.35. The molecule has 0 spiro atoms. The Balaban J connectivity index is 1.68. The molecule has 1 amide bonds. The Bertz CT molecular complexity index is 1150. The van der Waals surface area contributed by atoms with Gasteiger partial charge < -0.3 is 9.50 Å². The quantitative estimate of drug-likeness (QED) is 0.395. The number of benzene rings is 3. The maximum Gasteiger partial charge on any atom is 0.259 e. The van der Waals surface area contributed by atoms with Crippen molar-refractivity contribution in [2.45, 2.75) is 17.7 Å². The predicted octanol–water partition coefficient (Wildman–Crippen LogP) is 5.50. The number of hydrogen-bond acceptors (Lipinski definition) is 6. The van der Waals surface area contributed by atoms with Gasteiger partial charge in [-0.15, -0.1) is 0 Å². The lowest BCUT2D eigenvalue weighted by atomic mass is 10.1. The van der Waals surface area contributed by atoms with Crippen LogP contribution in [0.2, 0.25) is 5.02 Å². The van der Waals surface area contributed by atoms with E-state index in [9.17, 15) is 13.2 Å². The van der Waals surface area contributed by atoms with Crippen LogP contribution in [-0.2, 0) is 16.3 Å². The number of para-hydroxylation sites is 2. The molecule has 0 bridgehead atoms. The van der Waals surface area contributed by atoms with Gasteiger partial charge in [0, 0.05) is 10.7 Å². The van der Waals surface area contributed by atoms with Gasteiger partial charge in [0.15, 0.2) is 15.6 Å². The Hall–Kier alpha value is -2.52. The van der Waals surface area contributed by atoms with E-state index in [0.717, 1.165) is 5.56 Å². The van der Waals surface area contributed by atoms with Crippen molar-refractivity contribution in [3.8, 4) is 5.75 Å². The molecule has 0 aliphatic carbocycles. The second kappa shape index (κ2) is 10.7. The molecule has 0 heterocycles. The summed E-state index contributed by atoms with van der Waals surface area (Å²) in [6.45, 7) is 0. The van der Waals surface area contributed by atoms with Gasteiger partial charge in [-0.25, -0.2) is 8.42 Å². The lowest BCUT2D eigenvalue weighted by molar-refractivity contribution is 0.102. The van der Waals surface area contributed by atoms with Crippen molar-refractivity contribution >= 4 is 45.4 Å². The molecule has 3 rings (SSSR count). The van der Waals surface area contributed by atoms with Crippen molar-refractivity contribution in [1.82, 2.24) is 0 Å². The van der Waals surface area contributed by atoms with Crippen LogP contribution in [0.3, 0.4) is 0 Å². The largest absolute Gasteiger partial charge is 0.400 e. The maximum absolute atomic E-state index is 12.7. The van der Waals surface area contributed by atoms with Crippen LogP contribution in [0.25, 0.3) is 0 Å². The zero-order chi connectivity index (χ0) is 22.3. The molecule has 0 unspecified atom stereocenters. The standard InChI is InChI=1S/C22H20ClNO5S2/c23-17-11-13-18(14-12-17)31(27,28)15-5-7-16-6-1-3-9-20(16)24-22(25)19-8-2-4-10-21(19)29-30-26/h1-4,6,8-14,26H,5,7,15H2,(H,24,25). The molecule has 3 aromatic rings. The fourth-order valence-corrected chi connectivity index (χ4v) is 4.69. The van der Waals surface area contributed by atoms with Gasteiger partial charge in [-0.05, 0) is 60.9 Å². The summed E-state index contributed by atoms with van der Waals surface area (Å²) in [4.78, 5) is 13.0. The zero-order valence-electron chi connectivity index (χ0n) is 16.3. The fraction of sp³-hybridized carbons (Fsp3) is 0.136. The summed E-state index contributed by atoms with van der Waals surface area (Å²) in [5, 5.41) is 3.32. The third kappa shape index (κ3) is 6.24. The molecule has 162 valence electrons. The summed E-state index contributed by atoms with van der Waals surface area (Å²) in [7, 11) is -3.43. The maximum atomic E-state index is 12.7. The Morgan fingerprint density at radius 2 is 1.68 bits per heavy atom. The zero-order valence-corrected chi connectivity index (χ0v) is 18.7. The topological polar surface area (TPSA) is 92.7 Å². The normalized spacial score (nSPS) is 11.2. The number of anilines is 1. The van der Waals surface area contributed by atoms with E-state index in [1.807, 2.05) is 12.1 Å². The number of amides is 1. The molecule has 0 aliphatic heterocycles. The van der Waals surface area contributed by atoms with Crippen molar-refractivity contribution in [3.05, 3.63) is 88.9 Å². The SMILES string of the molecule is O=C(Nc1ccccc1CCCS(=O)(=O)c1ccc(Cl)cc1)c1ccccc1OSO. The highest BCUT2D eigenvalue weighted by atomic mass is 35.5. The minimum Gasteiger partial charge on any atom is -0.400 e. The molecule has 31 heavy (non-hydrogen) atoms. The Kier molecular flexibility index (Phi) is 7.97. The highest BCUT2D eigenvalue weighted by Gasteiger charge is 2.16. The number of rotatable bonds is 9. The second-order valence-electron chi connectivity index (χ2n) is 6.64. The van der Waals surface area contributed by atoms with Crippen LogP contribution in [-0.4, -0.2) is 24.6 Å². The van der Waals surface area contributed by atoms with Crippen LogP contribution in [0.5, 0.6) is 5.75 Å². The number of carbonyl (C=O) groups is 1. The van der Waals surface area contributed by atoms with Crippen LogP contribution in [0.1, 0.15) is 22.3 Å². The van der Waals surface area contributed by atoms with Gasteiger partial charge >= 0.3 is 0 Å². The van der Waals surface area contributed by atoms with Crippen molar-refractivity contribution in [2.24, 2.45) is 0 Å². The van der Waals surface area contributed by atoms with E-state index in [4.69, 9.17) is 20.3 Å². The highest BCUT2D eigenvalue weighted by molar-refractivity contribution is 7.91. The van der Waals surface area contributed by atoms with Crippen LogP contribution in [0.4, 0.5) is 5.69 Å². The van der Waals surface area contributed by atoms with Crippen LogP contribution >= 0.6 is 23.9 Å². The summed E-state index contributed by atoms with van der Waals surface area (Å²) >= 11 is 5.99. The molecule has 0 saturated heterocycles. The van der Waals surface area contributed by atoms with E-state index < -0.39 is 15.7 Å². The molecule has 3 aromatic carbocycles. The molecular formula is C22H20ClNO5S2. The second-order valence-corrected chi connectivity index (χ2v) is 9.50. The number of halogens is 1. The number of sulfone groups is 1. The van der Waals surface area contributed by atoms with Crippen LogP contribution in [0.15, 0.2) is 77.7 Å². The van der Waals surface area contributed by atoms with Crippen LogP contribution < -0.4 is 9.50 Å². The third-order valence-corrected chi connectivity index (χ3v) is 6.88. The minimum absolute atomic E-state index is 0.0265. The molecule has 0 aliphatic rings. The van der Waals surface area contributed by atoms with Gasteiger partial charge in [-0.1, -0.05) is 41.9 Å². The molecule has 0 saturated carbocycles. The smallest absolute Gasteiger partial charge is 0.259 e. The number of aryl methyl sites for hydroxylation is 1. The average molecular weight is 478 g/mol. The van der Waals surface area contributed by atoms with Crippen LogP contribution in [0, 0.1) is 0 Å². The summed E-state index contributed by atoms with van der Waals surface area (Å²) in [6, 6.07) is 19.9. The molecule has 2 N–H and O–H groups in total. The minimum atomic E-state index is -3.43. The monoisotopic (exact) mass is 477 g/mol. The first kappa shape index (κ1) is 23.1. The summed E-state index contributed by atoms with van der Waals surface area (Å²) in [6.07, 6.45) is 0.854. The van der Waals surface area contributed by atoms with Crippen molar-refractivity contribution in [1.29, 1.82) is 0 Å². The van der Waals surface area contributed by atoms with E-state index >= 15 is 0 Å². The van der Waals surface area contributed by atoms with E-state index in [1.165, 1.54) is 12.1 Å². The van der Waals surface area contributed by atoms with Gasteiger partial charge in [0.2, 0.25) is 12.3 Å². The first-order valence-corrected chi connectivity index (χ1v) is 12.1. The molecule has 0 fully saturated rings. The van der Waals surface area contributed by atoms with E-state index in [0.29, 0.717) is 23.6 Å². The summed E-state index contributed by atoms with van der Waals surface area (Å²) in [5.41, 5.74) is 1.67. The lowest BCUT2D eigenvalue weighted by Crippen LogP contribution is -2.14. The van der Waals surface area contributed by atoms with Gasteiger partial charge in [-0.3, -0.25) is 9.35 Å². The summed E-state index contributed by atoms with van der Waals surface area (Å²) in [5.74, 6) is -0.189. The molecule has 0 radical (unpaired) electrons. The first-order chi connectivity index (χ1) is 14.9.